The number of rotatable bonds is 4. The molecule has 0 fully saturated rings. The summed E-state index contributed by atoms with van der Waals surface area (Å²) in [5.41, 5.74) is 2.02. The maximum absolute atomic E-state index is 11.3. The van der Waals surface area contributed by atoms with E-state index in [0.717, 1.165) is 5.56 Å². The summed E-state index contributed by atoms with van der Waals surface area (Å²) in [7, 11) is 1.59. The van der Waals surface area contributed by atoms with Crippen molar-refractivity contribution in [1.29, 1.82) is 0 Å². The van der Waals surface area contributed by atoms with Crippen LogP contribution >= 0.6 is 0 Å². The Morgan fingerprint density at radius 1 is 1.09 bits per heavy atom. The number of ether oxygens (including phenoxy) is 1. The average Bonchev–Trinajstić information content (AvgIpc) is 3.04. The molecular weight excluding hydrogens is 294 g/mol. The lowest BCUT2D eigenvalue weighted by molar-refractivity contribution is -0.114. The summed E-state index contributed by atoms with van der Waals surface area (Å²) < 4.78 is 10.7. The average molecular weight is 309 g/mol. The fourth-order valence-electron chi connectivity index (χ4n) is 2.24. The van der Waals surface area contributed by atoms with Gasteiger partial charge in [-0.25, -0.2) is 0 Å². The molecule has 1 aromatic heterocycles. The van der Waals surface area contributed by atoms with E-state index in [1.807, 2.05) is 42.5 Å². The van der Waals surface area contributed by atoms with Gasteiger partial charge in [0.1, 0.15) is 5.75 Å². The standard InChI is InChI=1S/C17H15N3O3/c1-11(21)18-14-9-5-3-7-12(14)17-19-16(20-23-17)13-8-4-6-10-15(13)22-2/h3-10H,1-2H3,(H,18,21). The molecule has 0 saturated carbocycles. The van der Waals surface area contributed by atoms with Crippen molar-refractivity contribution in [3.05, 3.63) is 48.5 Å². The molecule has 0 spiro atoms. The normalized spacial score (nSPS) is 10.3. The molecule has 0 atom stereocenters. The number of hydrogen-bond donors (Lipinski definition) is 1. The first kappa shape index (κ1) is 14.8. The van der Waals surface area contributed by atoms with Crippen LogP contribution < -0.4 is 10.1 Å². The Morgan fingerprint density at radius 2 is 1.78 bits per heavy atom. The number of amides is 1. The van der Waals surface area contributed by atoms with Crippen LogP contribution in [0.2, 0.25) is 0 Å². The van der Waals surface area contributed by atoms with Crippen molar-refractivity contribution >= 4 is 11.6 Å². The molecule has 0 bridgehead atoms. The molecule has 6 heteroatoms. The SMILES string of the molecule is COc1ccccc1-c1noc(-c2ccccc2NC(C)=O)n1. The van der Waals surface area contributed by atoms with E-state index in [-0.39, 0.29) is 5.91 Å². The molecule has 1 heterocycles. The molecule has 2 aromatic carbocycles. The summed E-state index contributed by atoms with van der Waals surface area (Å²) in [6.45, 7) is 1.45. The molecule has 1 N–H and O–H groups in total. The number of anilines is 1. The van der Waals surface area contributed by atoms with Gasteiger partial charge in [0, 0.05) is 6.92 Å². The van der Waals surface area contributed by atoms with Gasteiger partial charge in [-0.05, 0) is 24.3 Å². The van der Waals surface area contributed by atoms with Gasteiger partial charge in [0.2, 0.25) is 11.7 Å². The molecule has 0 unspecified atom stereocenters. The van der Waals surface area contributed by atoms with E-state index in [4.69, 9.17) is 9.26 Å². The Morgan fingerprint density at radius 3 is 2.52 bits per heavy atom. The summed E-state index contributed by atoms with van der Waals surface area (Å²) in [5.74, 6) is 1.25. The molecular formula is C17H15N3O3. The monoisotopic (exact) mass is 309 g/mol. The van der Waals surface area contributed by atoms with Crippen molar-refractivity contribution in [2.24, 2.45) is 0 Å². The zero-order valence-corrected chi connectivity index (χ0v) is 12.7. The van der Waals surface area contributed by atoms with Gasteiger partial charge < -0.3 is 14.6 Å². The number of para-hydroxylation sites is 2. The second kappa shape index (κ2) is 6.31. The summed E-state index contributed by atoms with van der Waals surface area (Å²) in [4.78, 5) is 15.7. The van der Waals surface area contributed by atoms with Gasteiger partial charge >= 0.3 is 0 Å². The zero-order valence-electron chi connectivity index (χ0n) is 12.7. The quantitative estimate of drug-likeness (QED) is 0.799. The lowest BCUT2D eigenvalue weighted by Gasteiger charge is -2.05. The fourth-order valence-corrected chi connectivity index (χ4v) is 2.24. The number of carbonyl (C=O) groups excluding carboxylic acids is 1. The molecule has 23 heavy (non-hydrogen) atoms. The van der Waals surface area contributed by atoms with E-state index in [2.05, 4.69) is 15.5 Å². The van der Waals surface area contributed by atoms with Gasteiger partial charge in [0.15, 0.2) is 0 Å². The molecule has 0 aliphatic carbocycles. The van der Waals surface area contributed by atoms with E-state index >= 15 is 0 Å². The number of methoxy groups -OCH3 is 1. The lowest BCUT2D eigenvalue weighted by atomic mass is 10.1. The van der Waals surface area contributed by atoms with Crippen molar-refractivity contribution in [2.75, 3.05) is 12.4 Å². The molecule has 0 aliphatic rings. The van der Waals surface area contributed by atoms with Crippen LogP contribution in [-0.2, 0) is 4.79 Å². The predicted octanol–water partition coefficient (Wildman–Crippen LogP) is 3.37. The van der Waals surface area contributed by atoms with E-state index in [1.165, 1.54) is 6.92 Å². The molecule has 116 valence electrons. The summed E-state index contributed by atoms with van der Waals surface area (Å²) >= 11 is 0. The first-order valence-corrected chi connectivity index (χ1v) is 7.03. The third-order valence-electron chi connectivity index (χ3n) is 3.24. The summed E-state index contributed by atoms with van der Waals surface area (Å²) in [5, 5.41) is 6.76. The number of nitrogens with one attached hydrogen (secondary N) is 1. The predicted molar refractivity (Wildman–Crippen MR) is 86.0 cm³/mol. The molecule has 0 aliphatic heterocycles. The third kappa shape index (κ3) is 3.06. The summed E-state index contributed by atoms with van der Waals surface area (Å²) in [6, 6.07) is 14.7. The zero-order chi connectivity index (χ0) is 16.2. The van der Waals surface area contributed by atoms with E-state index < -0.39 is 0 Å². The van der Waals surface area contributed by atoms with E-state index in [1.54, 1.807) is 13.2 Å². The minimum Gasteiger partial charge on any atom is -0.496 e. The van der Waals surface area contributed by atoms with Gasteiger partial charge in [-0.15, -0.1) is 0 Å². The van der Waals surface area contributed by atoms with Crippen LogP contribution in [0.4, 0.5) is 5.69 Å². The highest BCUT2D eigenvalue weighted by molar-refractivity contribution is 5.93. The van der Waals surface area contributed by atoms with Crippen LogP contribution in [0, 0.1) is 0 Å². The third-order valence-corrected chi connectivity index (χ3v) is 3.24. The number of aromatic nitrogens is 2. The maximum Gasteiger partial charge on any atom is 0.260 e. The van der Waals surface area contributed by atoms with Crippen molar-refractivity contribution in [3.8, 4) is 28.6 Å². The number of hydrogen-bond acceptors (Lipinski definition) is 5. The Kier molecular flexibility index (Phi) is 4.05. The van der Waals surface area contributed by atoms with Crippen molar-refractivity contribution in [3.63, 3.8) is 0 Å². The molecule has 6 nitrogen and oxygen atoms in total. The Bertz CT molecular complexity index is 842. The number of benzene rings is 2. The molecule has 0 saturated heterocycles. The Labute approximate surface area is 133 Å². The molecule has 1 amide bonds. The Balaban J connectivity index is 2.01. The van der Waals surface area contributed by atoms with Crippen molar-refractivity contribution in [2.45, 2.75) is 6.92 Å². The van der Waals surface area contributed by atoms with Crippen LogP contribution in [0.25, 0.3) is 22.8 Å². The molecule has 0 radical (unpaired) electrons. The van der Waals surface area contributed by atoms with E-state index in [9.17, 15) is 4.79 Å². The first-order valence-electron chi connectivity index (χ1n) is 7.03. The van der Waals surface area contributed by atoms with E-state index in [0.29, 0.717) is 28.7 Å². The number of carbonyl (C=O) groups is 1. The first-order chi connectivity index (χ1) is 11.2. The maximum atomic E-state index is 11.3. The minimum absolute atomic E-state index is 0.165. The number of nitrogens with zero attached hydrogens (tertiary/aromatic N) is 2. The van der Waals surface area contributed by atoms with Gasteiger partial charge in [0.05, 0.1) is 23.9 Å². The highest BCUT2D eigenvalue weighted by Gasteiger charge is 2.16. The molecule has 3 aromatic rings. The fraction of sp³-hybridized carbons (Fsp3) is 0.118. The second-order valence-electron chi connectivity index (χ2n) is 4.85. The van der Waals surface area contributed by atoms with Gasteiger partial charge in [-0.3, -0.25) is 4.79 Å². The highest BCUT2D eigenvalue weighted by Crippen LogP contribution is 2.31. The van der Waals surface area contributed by atoms with Gasteiger partial charge in [-0.1, -0.05) is 29.4 Å². The lowest BCUT2D eigenvalue weighted by Crippen LogP contribution is -2.06. The Hall–Kier alpha value is -3.15. The van der Waals surface area contributed by atoms with Crippen LogP contribution in [0.1, 0.15) is 6.92 Å². The summed E-state index contributed by atoms with van der Waals surface area (Å²) in [6.07, 6.45) is 0. The minimum atomic E-state index is -0.165. The van der Waals surface area contributed by atoms with Gasteiger partial charge in [-0.2, -0.15) is 4.98 Å². The van der Waals surface area contributed by atoms with Crippen LogP contribution in [0.3, 0.4) is 0 Å². The van der Waals surface area contributed by atoms with Crippen LogP contribution in [0.5, 0.6) is 5.75 Å². The second-order valence-corrected chi connectivity index (χ2v) is 4.85. The van der Waals surface area contributed by atoms with Crippen molar-refractivity contribution < 1.29 is 14.1 Å². The van der Waals surface area contributed by atoms with Gasteiger partial charge in [0.25, 0.3) is 5.89 Å². The van der Waals surface area contributed by atoms with Crippen LogP contribution in [0.15, 0.2) is 53.1 Å². The smallest absolute Gasteiger partial charge is 0.260 e. The molecule has 3 rings (SSSR count). The highest BCUT2D eigenvalue weighted by atomic mass is 16.5. The largest absolute Gasteiger partial charge is 0.496 e. The van der Waals surface area contributed by atoms with Crippen molar-refractivity contribution in [1.82, 2.24) is 10.1 Å². The van der Waals surface area contributed by atoms with Crippen LogP contribution in [-0.4, -0.2) is 23.2 Å². The topological polar surface area (TPSA) is 77.3 Å².